The van der Waals surface area contributed by atoms with Crippen LogP contribution in [0.25, 0.3) is 6.08 Å². The molecule has 0 saturated heterocycles. The number of Topliss-reactive ketones (excluding diaryl/α,β-unsaturated/α-hetero) is 1. The van der Waals surface area contributed by atoms with E-state index < -0.39 is 0 Å². The highest BCUT2D eigenvalue weighted by Gasteiger charge is 2.09. The van der Waals surface area contributed by atoms with Crippen LogP contribution in [0.2, 0.25) is 0 Å². The van der Waals surface area contributed by atoms with Gasteiger partial charge in [-0.05, 0) is 38.0 Å². The molecule has 0 atom stereocenters. The van der Waals surface area contributed by atoms with Crippen LogP contribution in [0.3, 0.4) is 0 Å². The maximum Gasteiger partial charge on any atom is 0.156 e. The zero-order valence-corrected chi connectivity index (χ0v) is 9.13. The van der Waals surface area contributed by atoms with Crippen molar-refractivity contribution in [3.63, 3.8) is 0 Å². The second-order valence-corrected chi connectivity index (χ2v) is 3.76. The summed E-state index contributed by atoms with van der Waals surface area (Å²) in [5, 5.41) is 0. The Bertz CT molecular complexity index is 356. The predicted octanol–water partition coefficient (Wildman–Crippen LogP) is 3.22. The first-order valence-corrected chi connectivity index (χ1v) is 4.79. The lowest BCUT2D eigenvalue weighted by Crippen LogP contribution is -2.03. The maximum absolute atomic E-state index is 11.3. The monoisotopic (exact) mass is 192 g/mol. The molecule has 0 aliphatic rings. The van der Waals surface area contributed by atoms with Gasteiger partial charge in [-0.25, -0.2) is 0 Å². The van der Waals surface area contributed by atoms with E-state index in [1.807, 2.05) is 39.0 Å². The summed E-state index contributed by atoms with van der Waals surface area (Å²) in [5.41, 5.74) is 0.805. The summed E-state index contributed by atoms with van der Waals surface area (Å²) in [6.07, 6.45) is 1.82. The maximum atomic E-state index is 11.3. The number of carbonyl (C=O) groups is 1. The van der Waals surface area contributed by atoms with Crippen molar-refractivity contribution in [2.24, 2.45) is 5.92 Å². The molecule has 0 aromatic carbocycles. The summed E-state index contributed by atoms with van der Waals surface area (Å²) in [4.78, 5) is 11.3. The van der Waals surface area contributed by atoms with Crippen molar-refractivity contribution < 1.29 is 9.21 Å². The van der Waals surface area contributed by atoms with Gasteiger partial charge in [-0.3, -0.25) is 4.79 Å². The van der Waals surface area contributed by atoms with E-state index in [0.717, 1.165) is 17.1 Å². The van der Waals surface area contributed by atoms with Crippen LogP contribution in [0.15, 0.2) is 22.1 Å². The number of carbonyl (C=O) groups excluding carboxylic acids is 1. The van der Waals surface area contributed by atoms with Gasteiger partial charge in [0.05, 0.1) is 0 Å². The summed E-state index contributed by atoms with van der Waals surface area (Å²) in [6.45, 7) is 7.48. The molecule has 0 bridgehead atoms. The van der Waals surface area contributed by atoms with Crippen molar-refractivity contribution in [1.82, 2.24) is 0 Å². The highest BCUT2D eigenvalue weighted by atomic mass is 16.3. The number of allylic oxidation sites excluding steroid dienone is 1. The van der Waals surface area contributed by atoms with Crippen molar-refractivity contribution in [2.45, 2.75) is 27.7 Å². The molecule has 0 aliphatic carbocycles. The average molecular weight is 192 g/mol. The third-order valence-electron chi connectivity index (χ3n) is 2.09. The first kappa shape index (κ1) is 10.8. The van der Waals surface area contributed by atoms with Gasteiger partial charge < -0.3 is 4.42 Å². The Morgan fingerprint density at radius 3 is 2.43 bits per heavy atom. The number of aryl methyl sites for hydroxylation is 1. The van der Waals surface area contributed by atoms with Gasteiger partial charge in [0.2, 0.25) is 0 Å². The SMILES string of the molecule is CC(=O)/C(=C/c1ccc(C)o1)C(C)C. The number of hydrogen-bond donors (Lipinski definition) is 0. The van der Waals surface area contributed by atoms with E-state index in [-0.39, 0.29) is 11.7 Å². The first-order chi connectivity index (χ1) is 6.50. The van der Waals surface area contributed by atoms with Crippen LogP contribution >= 0.6 is 0 Å². The van der Waals surface area contributed by atoms with E-state index in [1.165, 1.54) is 0 Å². The normalized spacial score (nSPS) is 12.2. The van der Waals surface area contributed by atoms with Crippen LogP contribution in [0.5, 0.6) is 0 Å². The Hall–Kier alpha value is -1.31. The zero-order chi connectivity index (χ0) is 10.7. The van der Waals surface area contributed by atoms with E-state index in [9.17, 15) is 4.79 Å². The molecule has 0 saturated carbocycles. The molecular formula is C12H16O2. The van der Waals surface area contributed by atoms with Crippen LogP contribution in [0.4, 0.5) is 0 Å². The second kappa shape index (κ2) is 4.27. The Kier molecular flexibility index (Phi) is 3.28. The fraction of sp³-hybridized carbons (Fsp3) is 0.417. The molecule has 1 heterocycles. The first-order valence-electron chi connectivity index (χ1n) is 4.79. The molecule has 1 aromatic rings. The third-order valence-corrected chi connectivity index (χ3v) is 2.09. The van der Waals surface area contributed by atoms with E-state index in [1.54, 1.807) is 6.92 Å². The molecule has 0 unspecified atom stereocenters. The molecule has 0 N–H and O–H groups in total. The van der Waals surface area contributed by atoms with Crippen LogP contribution in [-0.2, 0) is 4.79 Å². The van der Waals surface area contributed by atoms with E-state index in [0.29, 0.717) is 0 Å². The summed E-state index contributed by atoms with van der Waals surface area (Å²) in [6, 6.07) is 3.77. The molecule has 0 amide bonds. The Morgan fingerprint density at radius 1 is 1.43 bits per heavy atom. The molecule has 0 fully saturated rings. The zero-order valence-electron chi connectivity index (χ0n) is 9.13. The highest BCUT2D eigenvalue weighted by molar-refractivity contribution is 5.97. The molecule has 76 valence electrons. The highest BCUT2D eigenvalue weighted by Crippen LogP contribution is 2.17. The molecule has 2 nitrogen and oxygen atoms in total. The summed E-state index contributed by atoms with van der Waals surface area (Å²) < 4.78 is 5.39. The average Bonchev–Trinajstić information content (AvgIpc) is 2.46. The van der Waals surface area contributed by atoms with Gasteiger partial charge in [0.25, 0.3) is 0 Å². The smallest absolute Gasteiger partial charge is 0.156 e. The van der Waals surface area contributed by atoms with E-state index in [2.05, 4.69) is 0 Å². The quantitative estimate of drug-likeness (QED) is 0.688. The van der Waals surface area contributed by atoms with E-state index in [4.69, 9.17) is 4.42 Å². The number of hydrogen-bond acceptors (Lipinski definition) is 2. The molecule has 14 heavy (non-hydrogen) atoms. The topological polar surface area (TPSA) is 30.2 Å². The second-order valence-electron chi connectivity index (χ2n) is 3.76. The molecule has 0 spiro atoms. The van der Waals surface area contributed by atoms with Gasteiger partial charge in [0.1, 0.15) is 11.5 Å². The fourth-order valence-electron chi connectivity index (χ4n) is 1.36. The van der Waals surface area contributed by atoms with Crippen LogP contribution < -0.4 is 0 Å². The van der Waals surface area contributed by atoms with Gasteiger partial charge >= 0.3 is 0 Å². The van der Waals surface area contributed by atoms with Gasteiger partial charge in [-0.1, -0.05) is 13.8 Å². The minimum atomic E-state index is 0.106. The third kappa shape index (κ3) is 2.59. The minimum absolute atomic E-state index is 0.106. The molecule has 0 radical (unpaired) electrons. The Morgan fingerprint density at radius 2 is 2.07 bits per heavy atom. The lowest BCUT2D eigenvalue weighted by atomic mass is 9.99. The summed E-state index contributed by atoms with van der Waals surface area (Å²) in [5.74, 6) is 1.95. The van der Waals surface area contributed by atoms with Gasteiger partial charge in [0, 0.05) is 5.57 Å². The van der Waals surface area contributed by atoms with Crippen LogP contribution in [0.1, 0.15) is 32.3 Å². The molecule has 1 aromatic heterocycles. The van der Waals surface area contributed by atoms with Crippen molar-refractivity contribution >= 4 is 11.9 Å². The number of furan rings is 1. The van der Waals surface area contributed by atoms with Crippen molar-refractivity contribution in [3.8, 4) is 0 Å². The van der Waals surface area contributed by atoms with Crippen LogP contribution in [0, 0.1) is 12.8 Å². The van der Waals surface area contributed by atoms with Crippen molar-refractivity contribution in [3.05, 3.63) is 29.2 Å². The Balaban J connectivity index is 2.99. The Labute approximate surface area is 84.6 Å². The minimum Gasteiger partial charge on any atom is -0.462 e. The number of rotatable bonds is 3. The summed E-state index contributed by atoms with van der Waals surface area (Å²) in [7, 11) is 0. The lowest BCUT2D eigenvalue weighted by Gasteiger charge is -2.05. The van der Waals surface area contributed by atoms with Crippen LogP contribution in [-0.4, -0.2) is 5.78 Å². The largest absolute Gasteiger partial charge is 0.462 e. The molecule has 0 aliphatic heterocycles. The standard InChI is InChI=1S/C12H16O2/c1-8(2)12(10(4)13)7-11-6-5-9(3)14-11/h5-8H,1-4H3/b12-7+. The van der Waals surface area contributed by atoms with E-state index >= 15 is 0 Å². The predicted molar refractivity (Wildman–Crippen MR) is 56.9 cm³/mol. The fourth-order valence-corrected chi connectivity index (χ4v) is 1.36. The lowest BCUT2D eigenvalue weighted by molar-refractivity contribution is -0.113. The van der Waals surface area contributed by atoms with Crippen molar-refractivity contribution in [1.29, 1.82) is 0 Å². The number of ketones is 1. The molecule has 1 rings (SSSR count). The van der Waals surface area contributed by atoms with Gasteiger partial charge in [-0.15, -0.1) is 0 Å². The van der Waals surface area contributed by atoms with Gasteiger partial charge in [0.15, 0.2) is 5.78 Å². The molecular weight excluding hydrogens is 176 g/mol. The molecule has 2 heteroatoms. The summed E-state index contributed by atoms with van der Waals surface area (Å²) >= 11 is 0. The van der Waals surface area contributed by atoms with Gasteiger partial charge in [-0.2, -0.15) is 0 Å². The van der Waals surface area contributed by atoms with Crippen molar-refractivity contribution in [2.75, 3.05) is 0 Å².